The van der Waals surface area contributed by atoms with Gasteiger partial charge in [0.25, 0.3) is 0 Å². The molecule has 0 saturated heterocycles. The van der Waals surface area contributed by atoms with Crippen LogP contribution in [0.4, 0.5) is 0 Å². The fourth-order valence-electron chi connectivity index (χ4n) is 1.55. The zero-order chi connectivity index (χ0) is 14.0. The van der Waals surface area contributed by atoms with E-state index in [1.165, 1.54) is 7.11 Å². The molecule has 0 spiro atoms. The van der Waals surface area contributed by atoms with Crippen molar-refractivity contribution < 1.29 is 9.53 Å². The first-order chi connectivity index (χ1) is 9.02. The Balaban J connectivity index is 2.53. The Bertz CT molecular complexity index is 604. The molecule has 0 aliphatic rings. The van der Waals surface area contributed by atoms with Gasteiger partial charge in [-0.25, -0.2) is 14.8 Å². The molecule has 2 rings (SSSR count). The molecule has 2 aromatic rings. The number of esters is 1. The smallest absolute Gasteiger partial charge is 0.376 e. The molecule has 4 nitrogen and oxygen atoms in total. The molecule has 0 amide bonds. The lowest BCUT2D eigenvalue weighted by molar-refractivity contribution is 0.0586. The summed E-state index contributed by atoms with van der Waals surface area (Å²) in [5.74, 6) is -0.840. The second kappa shape index (κ2) is 5.55. The van der Waals surface area contributed by atoms with E-state index >= 15 is 0 Å². The Kier molecular flexibility index (Phi) is 4.02. The maximum absolute atomic E-state index is 11.3. The van der Waals surface area contributed by atoms with E-state index in [1.54, 1.807) is 0 Å². The van der Waals surface area contributed by atoms with Gasteiger partial charge in [-0.15, -0.1) is 0 Å². The van der Waals surface area contributed by atoms with Gasteiger partial charge in [0.2, 0.25) is 5.82 Å². The summed E-state index contributed by atoms with van der Waals surface area (Å²) in [7, 11) is 1.24. The van der Waals surface area contributed by atoms with Crippen molar-refractivity contribution in [3.63, 3.8) is 0 Å². The van der Waals surface area contributed by atoms with Crippen molar-refractivity contribution in [2.45, 2.75) is 6.92 Å². The second-order valence-electron chi connectivity index (χ2n) is 3.86. The number of aryl methyl sites for hydroxylation is 1. The number of halogens is 2. The first-order valence-electron chi connectivity index (χ1n) is 5.41. The van der Waals surface area contributed by atoms with Crippen LogP contribution in [0.1, 0.15) is 16.2 Å². The van der Waals surface area contributed by atoms with Gasteiger partial charge in [-0.1, -0.05) is 53.0 Å². The third kappa shape index (κ3) is 2.85. The molecule has 1 aromatic heterocycles. The normalized spacial score (nSPS) is 10.3. The fraction of sp³-hybridized carbons (Fsp3) is 0.154. The average molecular weight is 297 g/mol. The van der Waals surface area contributed by atoms with E-state index in [4.69, 9.17) is 23.2 Å². The second-order valence-corrected chi connectivity index (χ2v) is 4.58. The molecule has 6 heteroatoms. The molecule has 0 saturated carbocycles. The highest BCUT2D eigenvalue weighted by atomic mass is 35.5. The summed E-state index contributed by atoms with van der Waals surface area (Å²) in [4.78, 5) is 19.1. The van der Waals surface area contributed by atoms with E-state index < -0.39 is 5.97 Å². The molecule has 0 unspecified atom stereocenters. The van der Waals surface area contributed by atoms with Crippen LogP contribution in [0, 0.1) is 6.92 Å². The SMILES string of the molecule is COC(=O)c1nc(Cl)c(-c2ccc(C)cc2)c(Cl)n1. The Morgan fingerprint density at radius 2 is 1.63 bits per heavy atom. The summed E-state index contributed by atoms with van der Waals surface area (Å²) >= 11 is 12.1. The van der Waals surface area contributed by atoms with Crippen molar-refractivity contribution in [3.05, 3.63) is 46.0 Å². The predicted octanol–water partition coefficient (Wildman–Crippen LogP) is 3.55. The summed E-state index contributed by atoms with van der Waals surface area (Å²) in [5.41, 5.74) is 2.40. The Morgan fingerprint density at radius 3 is 2.11 bits per heavy atom. The number of carbonyl (C=O) groups excluding carboxylic acids is 1. The van der Waals surface area contributed by atoms with Crippen molar-refractivity contribution in [1.82, 2.24) is 9.97 Å². The third-order valence-electron chi connectivity index (χ3n) is 2.53. The van der Waals surface area contributed by atoms with E-state index in [0.29, 0.717) is 5.56 Å². The van der Waals surface area contributed by atoms with Crippen LogP contribution in [0.2, 0.25) is 10.3 Å². The van der Waals surface area contributed by atoms with Crippen LogP contribution in [0.5, 0.6) is 0 Å². The number of rotatable bonds is 2. The summed E-state index contributed by atoms with van der Waals surface area (Å²) in [6, 6.07) is 7.58. The van der Waals surface area contributed by atoms with Gasteiger partial charge in [-0.05, 0) is 12.5 Å². The molecule has 1 aromatic carbocycles. The van der Waals surface area contributed by atoms with Crippen LogP contribution in [-0.4, -0.2) is 23.0 Å². The molecule has 0 bridgehead atoms. The molecule has 0 radical (unpaired) electrons. The van der Waals surface area contributed by atoms with E-state index in [2.05, 4.69) is 14.7 Å². The fourth-order valence-corrected chi connectivity index (χ4v) is 2.15. The van der Waals surface area contributed by atoms with E-state index in [0.717, 1.165) is 11.1 Å². The third-order valence-corrected chi connectivity index (χ3v) is 3.08. The van der Waals surface area contributed by atoms with Gasteiger partial charge in [0, 0.05) is 0 Å². The van der Waals surface area contributed by atoms with Crippen LogP contribution >= 0.6 is 23.2 Å². The molecule has 0 aliphatic heterocycles. The van der Waals surface area contributed by atoms with Crippen molar-refractivity contribution in [2.75, 3.05) is 7.11 Å². The van der Waals surface area contributed by atoms with Crippen molar-refractivity contribution in [1.29, 1.82) is 0 Å². The highest BCUT2D eigenvalue weighted by molar-refractivity contribution is 6.37. The molecule has 0 aliphatic carbocycles. The first kappa shape index (κ1) is 13.8. The van der Waals surface area contributed by atoms with Crippen LogP contribution in [0.3, 0.4) is 0 Å². The molecule has 1 heterocycles. The van der Waals surface area contributed by atoms with Crippen LogP contribution < -0.4 is 0 Å². The summed E-state index contributed by atoms with van der Waals surface area (Å²) < 4.78 is 4.53. The molecular weight excluding hydrogens is 287 g/mol. The highest BCUT2D eigenvalue weighted by Crippen LogP contribution is 2.32. The van der Waals surface area contributed by atoms with Crippen molar-refractivity contribution in [2.24, 2.45) is 0 Å². The predicted molar refractivity (Wildman–Crippen MR) is 73.6 cm³/mol. The van der Waals surface area contributed by atoms with Gasteiger partial charge < -0.3 is 4.74 Å². The van der Waals surface area contributed by atoms with Gasteiger partial charge in [0.15, 0.2) is 0 Å². The topological polar surface area (TPSA) is 52.1 Å². The van der Waals surface area contributed by atoms with Gasteiger partial charge in [-0.2, -0.15) is 0 Å². The molecular formula is C13H10Cl2N2O2. The number of hydrogen-bond donors (Lipinski definition) is 0. The van der Waals surface area contributed by atoms with Crippen LogP contribution in [0.15, 0.2) is 24.3 Å². The number of nitrogens with zero attached hydrogens (tertiary/aromatic N) is 2. The van der Waals surface area contributed by atoms with Gasteiger partial charge in [0.05, 0.1) is 12.7 Å². The van der Waals surface area contributed by atoms with Crippen molar-refractivity contribution in [3.8, 4) is 11.1 Å². The van der Waals surface area contributed by atoms with Crippen LogP contribution in [-0.2, 0) is 4.74 Å². The summed E-state index contributed by atoms with van der Waals surface area (Å²) in [6.07, 6.45) is 0. The summed E-state index contributed by atoms with van der Waals surface area (Å²) in [6.45, 7) is 1.98. The average Bonchev–Trinajstić information content (AvgIpc) is 2.39. The van der Waals surface area contributed by atoms with Gasteiger partial charge in [-0.3, -0.25) is 0 Å². The van der Waals surface area contributed by atoms with Gasteiger partial charge >= 0.3 is 5.97 Å². The maximum Gasteiger partial charge on any atom is 0.376 e. The lowest BCUT2D eigenvalue weighted by atomic mass is 10.1. The monoisotopic (exact) mass is 296 g/mol. The summed E-state index contributed by atoms with van der Waals surface area (Å²) in [5, 5.41) is 0.230. The first-order valence-corrected chi connectivity index (χ1v) is 6.17. The lowest BCUT2D eigenvalue weighted by Crippen LogP contribution is -2.08. The molecule has 0 atom stereocenters. The Morgan fingerprint density at radius 1 is 1.11 bits per heavy atom. The number of carbonyl (C=O) groups is 1. The molecule has 98 valence electrons. The van der Waals surface area contributed by atoms with E-state index in [1.807, 2.05) is 31.2 Å². The van der Waals surface area contributed by atoms with Crippen LogP contribution in [0.25, 0.3) is 11.1 Å². The van der Waals surface area contributed by atoms with Crippen molar-refractivity contribution >= 4 is 29.2 Å². The minimum atomic E-state index is -0.681. The minimum Gasteiger partial charge on any atom is -0.463 e. The number of aromatic nitrogens is 2. The molecule has 0 N–H and O–H groups in total. The molecule has 0 fully saturated rings. The molecule has 19 heavy (non-hydrogen) atoms. The zero-order valence-corrected chi connectivity index (χ0v) is 11.8. The quantitative estimate of drug-likeness (QED) is 0.628. The minimum absolute atomic E-state index is 0.115. The van der Waals surface area contributed by atoms with E-state index in [9.17, 15) is 4.79 Å². The number of ether oxygens (including phenoxy) is 1. The standard InChI is InChI=1S/C13H10Cl2N2O2/c1-7-3-5-8(6-4-7)9-10(14)16-12(13(18)19-2)17-11(9)15/h3-6H,1-2H3. The number of benzene rings is 1. The number of hydrogen-bond acceptors (Lipinski definition) is 4. The van der Waals surface area contributed by atoms with E-state index in [-0.39, 0.29) is 16.1 Å². The van der Waals surface area contributed by atoms with Gasteiger partial charge in [0.1, 0.15) is 10.3 Å². The number of methoxy groups -OCH3 is 1. The Labute approximate surface area is 120 Å². The zero-order valence-electron chi connectivity index (χ0n) is 10.3. The lowest BCUT2D eigenvalue weighted by Gasteiger charge is -2.07. The Hall–Kier alpha value is -1.65. The largest absolute Gasteiger partial charge is 0.463 e. The maximum atomic E-state index is 11.3. The highest BCUT2D eigenvalue weighted by Gasteiger charge is 2.17.